The molecule has 9 heavy (non-hydrogen) atoms. The van der Waals surface area contributed by atoms with Crippen LogP contribution in [0, 0.1) is 0 Å². The van der Waals surface area contributed by atoms with Crippen molar-refractivity contribution in [3.05, 3.63) is 0 Å². The van der Waals surface area contributed by atoms with Gasteiger partial charge < -0.3 is 24.9 Å². The Morgan fingerprint density at radius 1 is 1.00 bits per heavy atom. The van der Waals surface area contributed by atoms with Crippen LogP contribution in [0.3, 0.4) is 0 Å². The van der Waals surface area contributed by atoms with Gasteiger partial charge in [-0.05, 0) is 0 Å². The molecule has 0 saturated heterocycles. The minimum absolute atomic E-state index is 0. The van der Waals surface area contributed by atoms with E-state index in [1.807, 2.05) is 0 Å². The third-order valence-electron chi connectivity index (χ3n) is 0. The van der Waals surface area contributed by atoms with Gasteiger partial charge in [-0.2, -0.15) is 9.90 Å². The molecule has 0 radical (unpaired) electrons. The van der Waals surface area contributed by atoms with E-state index >= 15 is 0 Å². The molecule has 50 valence electrons. The Labute approximate surface area is 144 Å². The van der Waals surface area contributed by atoms with E-state index in [-0.39, 0.29) is 118 Å². The molecule has 0 spiro atoms. The molecule has 0 aromatic rings. The molecule has 0 aliphatic carbocycles. The first-order valence-corrected chi connectivity index (χ1v) is 2.68. The quantitative estimate of drug-likeness (QED) is 0.285. The van der Waals surface area contributed by atoms with Crippen molar-refractivity contribution in [3.63, 3.8) is 0 Å². The zero-order valence-electron chi connectivity index (χ0n) is 9.12. The Morgan fingerprint density at radius 2 is 1.00 bits per heavy atom. The topological polar surface area (TPSA) is 80.9 Å². The molecule has 0 bridgehead atoms. The molecule has 0 aliphatic rings. The Morgan fingerprint density at radius 3 is 1.00 bits per heavy atom. The summed E-state index contributed by atoms with van der Waals surface area (Å²) in [6.45, 7) is 0. The summed E-state index contributed by atoms with van der Waals surface area (Å²) in [6, 6.07) is 0. The van der Waals surface area contributed by atoms with Gasteiger partial charge in [0.15, 0.2) is 0 Å². The molecule has 0 aliphatic heterocycles. The average molecular weight is 327 g/mol. The second kappa shape index (κ2) is 14.4. The molecule has 0 rings (SSSR count). The largest absolute Gasteiger partial charge is 2.00 e. The Bertz CT molecular complexity index is 47.6. The van der Waals surface area contributed by atoms with Crippen LogP contribution in [0.25, 0.3) is 0 Å². The van der Waals surface area contributed by atoms with Crippen LogP contribution in [0.1, 0.15) is 5.71 Å². The van der Waals surface area contributed by atoms with E-state index in [1.54, 1.807) is 0 Å². The van der Waals surface area contributed by atoms with Crippen molar-refractivity contribution in [2.24, 2.45) is 0 Å². The predicted molar refractivity (Wildman–Crippen MR) is 41.7 cm³/mol. The smallest absolute Gasteiger partial charge is 1.00 e. The summed E-state index contributed by atoms with van der Waals surface area (Å²) >= 11 is 0. The molecule has 4 nitrogen and oxygen atoms in total. The Hall–Kier alpha value is 3.85. The van der Waals surface area contributed by atoms with Gasteiger partial charge in [-0.25, -0.2) is 0 Å². The van der Waals surface area contributed by atoms with Crippen LogP contribution in [0.2, 0.25) is 0 Å². The van der Waals surface area contributed by atoms with Crippen LogP contribution >= 0.6 is 9.90 Å². The van der Waals surface area contributed by atoms with Gasteiger partial charge >= 0.3 is 92.3 Å². The van der Waals surface area contributed by atoms with Crippen molar-refractivity contribution >= 4 is 102 Å². The average Bonchev–Trinajstić information content (AvgIpc) is 0.722. The van der Waals surface area contributed by atoms with Crippen LogP contribution in [0.4, 0.5) is 0 Å². The SMILES string of the molecule is O[Si](O)(O)O.P.[Ca+2].[H-].[H-].[H-].[H-].[Sr+2].[Zn]. The van der Waals surface area contributed by atoms with Gasteiger partial charge in [0.25, 0.3) is 0 Å². The molecule has 4 N–H and O–H groups in total. The van der Waals surface area contributed by atoms with Crippen molar-refractivity contribution in [2.75, 3.05) is 0 Å². The minimum atomic E-state index is -4.61. The second-order valence-corrected chi connectivity index (χ2v) is 1.80. The summed E-state index contributed by atoms with van der Waals surface area (Å²) in [5.74, 6) is 0. The zero-order chi connectivity index (χ0) is 4.50. The van der Waals surface area contributed by atoms with Crippen LogP contribution in [0.5, 0.6) is 0 Å². The molecule has 0 amide bonds. The first kappa shape index (κ1) is 29.3. The summed E-state index contributed by atoms with van der Waals surface area (Å²) < 4.78 is 0. The van der Waals surface area contributed by atoms with E-state index < -0.39 is 9.05 Å². The Balaban J connectivity index is -0.00000000286. The second-order valence-electron chi connectivity index (χ2n) is 0.600. The molecule has 1 unspecified atom stereocenters. The number of rotatable bonds is 0. The first-order valence-electron chi connectivity index (χ1n) is 0.894. The summed E-state index contributed by atoms with van der Waals surface area (Å²) in [5, 5.41) is 0. The van der Waals surface area contributed by atoms with Gasteiger partial charge in [0.1, 0.15) is 0 Å². The van der Waals surface area contributed by atoms with Crippen LogP contribution < -0.4 is 0 Å². The van der Waals surface area contributed by atoms with Crippen molar-refractivity contribution < 1.29 is 44.4 Å². The van der Waals surface area contributed by atoms with Crippen LogP contribution in [-0.2, 0) is 19.5 Å². The van der Waals surface area contributed by atoms with Crippen molar-refractivity contribution in [3.8, 4) is 0 Å². The monoisotopic (exact) mass is 326 g/mol. The van der Waals surface area contributed by atoms with Gasteiger partial charge in [-0.15, -0.1) is 0 Å². The molecule has 0 fully saturated rings. The van der Waals surface area contributed by atoms with Gasteiger partial charge in [0.05, 0.1) is 0 Å². The van der Waals surface area contributed by atoms with Crippen LogP contribution in [-0.4, -0.2) is 111 Å². The van der Waals surface area contributed by atoms with E-state index in [0.29, 0.717) is 0 Å². The van der Waals surface area contributed by atoms with Gasteiger partial charge in [-0.1, -0.05) is 0 Å². The normalized spacial score (nSPS) is 6.67. The van der Waals surface area contributed by atoms with Crippen molar-refractivity contribution in [2.45, 2.75) is 0 Å². The minimum Gasteiger partial charge on any atom is -1.00 e. The molecular formula is H11CaO4PSiSrZn. The molecule has 9 heteroatoms. The predicted octanol–water partition coefficient (Wildman–Crippen LogP) is -2.86. The van der Waals surface area contributed by atoms with E-state index in [0.717, 1.165) is 0 Å². The van der Waals surface area contributed by atoms with Crippen molar-refractivity contribution in [1.29, 1.82) is 0 Å². The van der Waals surface area contributed by atoms with E-state index in [9.17, 15) is 0 Å². The third kappa shape index (κ3) is 77.6. The summed E-state index contributed by atoms with van der Waals surface area (Å²) in [6.07, 6.45) is 0. The van der Waals surface area contributed by atoms with Gasteiger partial charge in [0.2, 0.25) is 0 Å². The molecule has 0 heterocycles. The fourth-order valence-electron chi connectivity index (χ4n) is 0. The Kier molecular flexibility index (Phi) is 46.8. The standard InChI is InChI=1S/Ca.H4O4Si.H3P.Sr.Zn.4H/c;1-5(2,3)4;;;;;;;/h;1-4H;1H3;;;;;;/q+2;;;+2;;4*-1. The van der Waals surface area contributed by atoms with Crippen LogP contribution in [0.15, 0.2) is 0 Å². The molecule has 0 aromatic heterocycles. The molecule has 0 saturated carbocycles. The van der Waals surface area contributed by atoms with E-state index in [1.165, 1.54) is 0 Å². The van der Waals surface area contributed by atoms with E-state index in [2.05, 4.69) is 0 Å². The fourth-order valence-corrected chi connectivity index (χ4v) is 0. The summed E-state index contributed by atoms with van der Waals surface area (Å²) in [5.41, 5.74) is 0. The maximum absolute atomic E-state index is 7.33. The third-order valence-corrected chi connectivity index (χ3v) is 0. The maximum atomic E-state index is 7.33. The maximum Gasteiger partial charge on any atom is 2.00 e. The number of hydrogen-bond donors (Lipinski definition) is 4. The van der Waals surface area contributed by atoms with Gasteiger partial charge in [-0.3, -0.25) is 0 Å². The zero-order valence-corrected chi connectivity index (χ0v) is 16.2. The number of hydrogen-bond acceptors (Lipinski definition) is 4. The van der Waals surface area contributed by atoms with E-state index in [4.69, 9.17) is 19.2 Å². The van der Waals surface area contributed by atoms with Crippen molar-refractivity contribution in [1.82, 2.24) is 0 Å². The first-order chi connectivity index (χ1) is 2.00. The summed E-state index contributed by atoms with van der Waals surface area (Å²) in [4.78, 5) is 29.3. The van der Waals surface area contributed by atoms with Gasteiger partial charge in [0, 0.05) is 19.5 Å². The molecule has 0 aromatic carbocycles. The summed E-state index contributed by atoms with van der Waals surface area (Å²) in [7, 11) is -4.61. The molecular weight excluding hydrogens is 316 g/mol. The molecule has 1 atom stereocenters. The fraction of sp³-hybridized carbons (Fsp3) is 0.